The third kappa shape index (κ3) is 2.77. The number of rotatable bonds is 3. The molecule has 1 rings (SSSR count). The average molecular weight is 212 g/mol. The summed E-state index contributed by atoms with van der Waals surface area (Å²) in [5.41, 5.74) is 0.0238. The van der Waals surface area contributed by atoms with Crippen LogP contribution in [-0.4, -0.2) is 24.0 Å². The van der Waals surface area contributed by atoms with Crippen molar-refractivity contribution in [2.75, 3.05) is 7.11 Å². The van der Waals surface area contributed by atoms with Crippen LogP contribution < -0.4 is 0 Å². The molecule has 0 aromatic heterocycles. The van der Waals surface area contributed by atoms with Crippen molar-refractivity contribution in [1.82, 2.24) is 0 Å². The molecule has 5 heteroatoms. The van der Waals surface area contributed by atoms with Crippen molar-refractivity contribution >= 4 is 11.8 Å². The van der Waals surface area contributed by atoms with E-state index in [0.29, 0.717) is 0 Å². The maximum absolute atomic E-state index is 12.8. The summed E-state index contributed by atoms with van der Waals surface area (Å²) in [6.07, 6.45) is -0.444. The summed E-state index contributed by atoms with van der Waals surface area (Å²) in [7, 11) is 1.16. The Morgan fingerprint density at radius 2 is 2.13 bits per heavy atom. The number of benzene rings is 1. The fourth-order valence-corrected chi connectivity index (χ4v) is 0.986. The van der Waals surface area contributed by atoms with Crippen LogP contribution in [0.2, 0.25) is 0 Å². The molecule has 0 aliphatic carbocycles. The molecule has 0 unspecified atom stereocenters. The van der Waals surface area contributed by atoms with Gasteiger partial charge in [-0.05, 0) is 18.2 Å². The van der Waals surface area contributed by atoms with Crippen LogP contribution in [0.25, 0.3) is 0 Å². The van der Waals surface area contributed by atoms with Gasteiger partial charge in [0, 0.05) is 5.56 Å². The monoisotopic (exact) mass is 212 g/mol. The zero-order valence-electron chi connectivity index (χ0n) is 7.99. The first-order valence-corrected chi connectivity index (χ1v) is 4.13. The molecule has 0 heterocycles. The van der Waals surface area contributed by atoms with Crippen LogP contribution in [-0.2, 0) is 9.53 Å². The lowest BCUT2D eigenvalue weighted by Crippen LogP contribution is -2.09. The number of hydrogen-bond donors (Lipinski definition) is 1. The van der Waals surface area contributed by atoms with Gasteiger partial charge in [-0.2, -0.15) is 0 Å². The average Bonchev–Trinajstić information content (AvgIpc) is 2.21. The number of halogens is 1. The number of carbonyl (C=O) groups excluding carboxylic acids is 2. The Kier molecular flexibility index (Phi) is 3.38. The Bertz CT molecular complexity index is 400. The van der Waals surface area contributed by atoms with Gasteiger partial charge in [-0.15, -0.1) is 0 Å². The number of phenolic OH excluding ortho intramolecular Hbond substituents is 1. The predicted octanol–water partition coefficient (Wildman–Crippen LogP) is 1.28. The fraction of sp³-hybridized carbons (Fsp3) is 0.200. The topological polar surface area (TPSA) is 63.6 Å². The molecule has 0 radical (unpaired) electrons. The van der Waals surface area contributed by atoms with Gasteiger partial charge in [0.1, 0.15) is 6.42 Å². The molecule has 0 amide bonds. The smallest absolute Gasteiger partial charge is 0.313 e. The van der Waals surface area contributed by atoms with Crippen molar-refractivity contribution < 1.29 is 23.8 Å². The highest BCUT2D eigenvalue weighted by atomic mass is 19.1. The Balaban J connectivity index is 2.83. The van der Waals surface area contributed by atoms with E-state index >= 15 is 0 Å². The lowest BCUT2D eigenvalue weighted by molar-refractivity contribution is -0.139. The molecule has 80 valence electrons. The quantitative estimate of drug-likeness (QED) is 0.465. The van der Waals surface area contributed by atoms with E-state index in [2.05, 4.69) is 4.74 Å². The van der Waals surface area contributed by atoms with Gasteiger partial charge in [-0.1, -0.05) is 0 Å². The minimum Gasteiger partial charge on any atom is -0.505 e. The van der Waals surface area contributed by atoms with Gasteiger partial charge in [0.15, 0.2) is 17.3 Å². The third-order valence-electron chi connectivity index (χ3n) is 1.80. The predicted molar refractivity (Wildman–Crippen MR) is 49.0 cm³/mol. The van der Waals surface area contributed by atoms with Crippen LogP contribution >= 0.6 is 0 Å². The summed E-state index contributed by atoms with van der Waals surface area (Å²) in [5, 5.41) is 8.88. The molecular weight excluding hydrogens is 203 g/mol. The lowest BCUT2D eigenvalue weighted by atomic mass is 10.1. The first kappa shape index (κ1) is 11.2. The second-order valence-corrected chi connectivity index (χ2v) is 2.84. The molecule has 0 bridgehead atoms. The number of ketones is 1. The summed E-state index contributed by atoms with van der Waals surface area (Å²) in [5.74, 6) is -2.68. The molecule has 0 saturated carbocycles. The van der Waals surface area contributed by atoms with Crippen LogP contribution in [0.3, 0.4) is 0 Å². The van der Waals surface area contributed by atoms with E-state index in [1.54, 1.807) is 0 Å². The molecule has 0 fully saturated rings. The standard InChI is InChI=1S/C10H9FO4/c1-15-10(14)5-9(13)6-2-3-8(12)7(11)4-6/h2-4,12H,5H2,1H3. The summed E-state index contributed by atoms with van der Waals surface area (Å²) < 4.78 is 17.1. The first-order valence-electron chi connectivity index (χ1n) is 4.13. The highest BCUT2D eigenvalue weighted by Crippen LogP contribution is 2.17. The first-order chi connectivity index (χ1) is 7.04. The highest BCUT2D eigenvalue weighted by Gasteiger charge is 2.13. The minimum absolute atomic E-state index is 0.0238. The minimum atomic E-state index is -0.897. The van der Waals surface area contributed by atoms with Gasteiger partial charge in [-0.25, -0.2) is 4.39 Å². The van der Waals surface area contributed by atoms with E-state index in [9.17, 15) is 14.0 Å². The third-order valence-corrected chi connectivity index (χ3v) is 1.80. The van der Waals surface area contributed by atoms with Gasteiger partial charge in [0.25, 0.3) is 0 Å². The number of methoxy groups -OCH3 is 1. The second-order valence-electron chi connectivity index (χ2n) is 2.84. The van der Waals surface area contributed by atoms with E-state index in [1.807, 2.05) is 0 Å². The number of Topliss-reactive ketones (excluding diaryl/α,β-unsaturated/α-hetero) is 1. The molecule has 0 spiro atoms. The summed E-state index contributed by atoms with van der Waals surface area (Å²) in [6.45, 7) is 0. The van der Waals surface area contributed by atoms with Gasteiger partial charge in [0.05, 0.1) is 7.11 Å². The number of esters is 1. The van der Waals surface area contributed by atoms with Gasteiger partial charge >= 0.3 is 5.97 Å². The molecule has 1 aromatic rings. The fourth-order valence-electron chi connectivity index (χ4n) is 0.986. The van der Waals surface area contributed by atoms with E-state index in [0.717, 1.165) is 19.2 Å². The summed E-state index contributed by atoms with van der Waals surface area (Å²) in [6, 6.07) is 3.17. The van der Waals surface area contributed by atoms with E-state index in [1.165, 1.54) is 6.07 Å². The van der Waals surface area contributed by atoms with Crippen molar-refractivity contribution in [3.8, 4) is 5.75 Å². The van der Waals surface area contributed by atoms with Crippen LogP contribution in [0.5, 0.6) is 5.75 Å². The molecule has 0 atom stereocenters. The molecule has 15 heavy (non-hydrogen) atoms. The largest absolute Gasteiger partial charge is 0.505 e. The zero-order chi connectivity index (χ0) is 11.4. The van der Waals surface area contributed by atoms with Gasteiger partial charge in [-0.3, -0.25) is 9.59 Å². The summed E-state index contributed by atoms with van der Waals surface area (Å²) >= 11 is 0. The normalized spacial score (nSPS) is 9.73. The van der Waals surface area contributed by atoms with Crippen LogP contribution in [0, 0.1) is 5.82 Å². The Morgan fingerprint density at radius 1 is 1.47 bits per heavy atom. The van der Waals surface area contributed by atoms with E-state index in [4.69, 9.17) is 5.11 Å². The van der Waals surface area contributed by atoms with Crippen molar-refractivity contribution in [3.63, 3.8) is 0 Å². The molecule has 0 saturated heterocycles. The summed E-state index contributed by atoms with van der Waals surface area (Å²) in [4.78, 5) is 22.1. The number of carbonyl (C=O) groups is 2. The van der Waals surface area contributed by atoms with Crippen molar-refractivity contribution in [2.45, 2.75) is 6.42 Å². The van der Waals surface area contributed by atoms with Crippen LogP contribution in [0.4, 0.5) is 4.39 Å². The van der Waals surface area contributed by atoms with Crippen molar-refractivity contribution in [2.24, 2.45) is 0 Å². The van der Waals surface area contributed by atoms with E-state index in [-0.39, 0.29) is 5.56 Å². The van der Waals surface area contributed by atoms with Crippen LogP contribution in [0.1, 0.15) is 16.8 Å². The van der Waals surface area contributed by atoms with Gasteiger partial charge < -0.3 is 9.84 Å². The second kappa shape index (κ2) is 4.54. The maximum atomic E-state index is 12.8. The SMILES string of the molecule is COC(=O)CC(=O)c1ccc(O)c(F)c1. The molecule has 4 nitrogen and oxygen atoms in total. The molecule has 1 aromatic carbocycles. The Labute approximate surface area is 85.3 Å². The highest BCUT2D eigenvalue weighted by molar-refractivity contribution is 6.05. The number of hydrogen-bond acceptors (Lipinski definition) is 4. The Morgan fingerprint density at radius 3 is 2.67 bits per heavy atom. The Hall–Kier alpha value is -1.91. The number of aromatic hydroxyl groups is 1. The van der Waals surface area contributed by atoms with Crippen molar-refractivity contribution in [1.29, 1.82) is 0 Å². The molecular formula is C10H9FO4. The molecule has 0 aliphatic heterocycles. The zero-order valence-corrected chi connectivity index (χ0v) is 7.99. The van der Waals surface area contributed by atoms with Crippen LogP contribution in [0.15, 0.2) is 18.2 Å². The van der Waals surface area contributed by atoms with E-state index < -0.39 is 29.7 Å². The number of phenols is 1. The molecule has 0 aliphatic rings. The lowest BCUT2D eigenvalue weighted by Gasteiger charge is -2.01. The number of ether oxygens (including phenoxy) is 1. The van der Waals surface area contributed by atoms with Crippen molar-refractivity contribution in [3.05, 3.63) is 29.6 Å². The maximum Gasteiger partial charge on any atom is 0.313 e. The molecule has 1 N–H and O–H groups in total. The van der Waals surface area contributed by atoms with Gasteiger partial charge in [0.2, 0.25) is 0 Å².